The Morgan fingerprint density at radius 1 is 1.37 bits per heavy atom. The van der Waals surface area contributed by atoms with E-state index in [1.807, 2.05) is 12.3 Å². The van der Waals surface area contributed by atoms with E-state index < -0.39 is 0 Å². The molecule has 2 aromatic heterocycles. The van der Waals surface area contributed by atoms with Gasteiger partial charge in [-0.05, 0) is 31.7 Å². The maximum Gasteiger partial charge on any atom is 0.271 e. The SMILES string of the molecule is O=C(NC1CCC(I)CC1)c1cn2cccnc2n1. The normalized spacial score (nSPS) is 23.4. The average molecular weight is 370 g/mol. The predicted octanol–water partition coefficient (Wildman–Crippen LogP) is 2.21. The molecule has 1 aliphatic rings. The standard InChI is InChI=1S/C13H15IN4O/c14-9-2-4-10(5-3-9)16-12(19)11-8-18-7-1-6-15-13(18)17-11/h1,6-10H,2-5H2,(H,16,19). The van der Waals surface area contributed by atoms with Crippen LogP contribution in [0.4, 0.5) is 0 Å². The number of nitrogens with zero attached hydrogens (tertiary/aromatic N) is 3. The lowest BCUT2D eigenvalue weighted by molar-refractivity contribution is 0.0924. The Hall–Kier alpha value is -1.18. The van der Waals surface area contributed by atoms with E-state index in [2.05, 4.69) is 37.9 Å². The molecule has 6 heteroatoms. The molecule has 3 rings (SSSR count). The molecular weight excluding hydrogens is 355 g/mol. The molecule has 5 nitrogen and oxygen atoms in total. The van der Waals surface area contributed by atoms with Gasteiger partial charge in [0.15, 0.2) is 0 Å². The number of hydrogen-bond donors (Lipinski definition) is 1. The first kappa shape index (κ1) is 12.8. The lowest BCUT2D eigenvalue weighted by Gasteiger charge is -2.25. The number of fused-ring (bicyclic) bond motifs is 1. The van der Waals surface area contributed by atoms with Gasteiger partial charge >= 0.3 is 0 Å². The van der Waals surface area contributed by atoms with Gasteiger partial charge in [0, 0.05) is 28.6 Å². The summed E-state index contributed by atoms with van der Waals surface area (Å²) in [6.07, 6.45) is 9.72. The smallest absolute Gasteiger partial charge is 0.271 e. The van der Waals surface area contributed by atoms with E-state index in [1.54, 1.807) is 16.8 Å². The Balaban J connectivity index is 1.70. The topological polar surface area (TPSA) is 59.3 Å². The molecule has 1 aliphatic carbocycles. The van der Waals surface area contributed by atoms with Crippen LogP contribution in [0, 0.1) is 0 Å². The van der Waals surface area contributed by atoms with E-state index in [-0.39, 0.29) is 11.9 Å². The number of carbonyl (C=O) groups is 1. The number of nitrogens with one attached hydrogen (secondary N) is 1. The van der Waals surface area contributed by atoms with Gasteiger partial charge in [0.05, 0.1) is 0 Å². The molecule has 1 N–H and O–H groups in total. The molecule has 0 aromatic carbocycles. The molecule has 1 saturated carbocycles. The van der Waals surface area contributed by atoms with Crippen LogP contribution >= 0.6 is 22.6 Å². The molecule has 0 unspecified atom stereocenters. The van der Waals surface area contributed by atoms with Crippen LogP contribution in [0.3, 0.4) is 0 Å². The molecule has 0 spiro atoms. The summed E-state index contributed by atoms with van der Waals surface area (Å²) in [5, 5.41) is 3.07. The van der Waals surface area contributed by atoms with Crippen LogP contribution in [-0.2, 0) is 0 Å². The highest BCUT2D eigenvalue weighted by molar-refractivity contribution is 14.1. The number of halogens is 1. The molecule has 0 bridgehead atoms. The van der Waals surface area contributed by atoms with Crippen molar-refractivity contribution >= 4 is 34.3 Å². The van der Waals surface area contributed by atoms with Crippen LogP contribution in [0.15, 0.2) is 24.7 Å². The molecule has 100 valence electrons. The van der Waals surface area contributed by atoms with E-state index in [9.17, 15) is 4.79 Å². The van der Waals surface area contributed by atoms with Crippen LogP contribution in [0.25, 0.3) is 5.78 Å². The van der Waals surface area contributed by atoms with Crippen LogP contribution in [-0.4, -0.2) is 30.2 Å². The fraction of sp³-hybridized carbons (Fsp3) is 0.462. The summed E-state index contributed by atoms with van der Waals surface area (Å²) < 4.78 is 2.52. The van der Waals surface area contributed by atoms with Gasteiger partial charge in [0.2, 0.25) is 5.78 Å². The zero-order valence-corrected chi connectivity index (χ0v) is 12.6. The van der Waals surface area contributed by atoms with E-state index >= 15 is 0 Å². The molecule has 1 amide bonds. The molecule has 0 atom stereocenters. The first-order valence-electron chi connectivity index (χ1n) is 6.47. The summed E-state index contributed by atoms with van der Waals surface area (Å²) in [4.78, 5) is 20.5. The van der Waals surface area contributed by atoms with Crippen molar-refractivity contribution in [2.45, 2.75) is 35.6 Å². The zero-order valence-electron chi connectivity index (χ0n) is 10.4. The van der Waals surface area contributed by atoms with E-state index in [1.165, 1.54) is 12.8 Å². The van der Waals surface area contributed by atoms with Crippen molar-refractivity contribution in [3.05, 3.63) is 30.4 Å². The number of rotatable bonds is 2. The molecule has 0 aliphatic heterocycles. The predicted molar refractivity (Wildman–Crippen MR) is 80.5 cm³/mol. The number of amides is 1. The summed E-state index contributed by atoms with van der Waals surface area (Å²) in [7, 11) is 0. The van der Waals surface area contributed by atoms with Crippen LogP contribution in [0.5, 0.6) is 0 Å². The summed E-state index contributed by atoms with van der Waals surface area (Å²) >= 11 is 2.48. The number of alkyl halides is 1. The van der Waals surface area contributed by atoms with Crippen LogP contribution in [0.1, 0.15) is 36.2 Å². The molecule has 19 heavy (non-hydrogen) atoms. The minimum atomic E-state index is -0.0950. The fourth-order valence-electron chi connectivity index (χ4n) is 2.40. The van der Waals surface area contributed by atoms with E-state index in [0.717, 1.165) is 16.8 Å². The molecule has 2 heterocycles. The first-order chi connectivity index (χ1) is 9.22. The van der Waals surface area contributed by atoms with Gasteiger partial charge in [-0.15, -0.1) is 0 Å². The third-order valence-electron chi connectivity index (χ3n) is 3.46. The number of carbonyl (C=O) groups excluding carboxylic acids is 1. The van der Waals surface area contributed by atoms with Crippen molar-refractivity contribution in [1.82, 2.24) is 19.7 Å². The van der Waals surface area contributed by atoms with Crippen LogP contribution in [0.2, 0.25) is 0 Å². The lowest BCUT2D eigenvalue weighted by Crippen LogP contribution is -2.37. The van der Waals surface area contributed by atoms with Gasteiger partial charge in [-0.3, -0.25) is 9.20 Å². The van der Waals surface area contributed by atoms with E-state index in [0.29, 0.717) is 11.5 Å². The molecule has 1 fully saturated rings. The Morgan fingerprint density at radius 2 is 2.16 bits per heavy atom. The molecule has 0 radical (unpaired) electrons. The number of aromatic nitrogens is 3. The Kier molecular flexibility index (Phi) is 3.67. The quantitative estimate of drug-likeness (QED) is 0.652. The minimum absolute atomic E-state index is 0.0950. The van der Waals surface area contributed by atoms with Crippen molar-refractivity contribution in [3.8, 4) is 0 Å². The van der Waals surface area contributed by atoms with Gasteiger partial charge in [-0.2, -0.15) is 0 Å². The summed E-state index contributed by atoms with van der Waals surface area (Å²) in [6, 6.07) is 2.11. The molecular formula is C13H15IN4O. The molecule has 0 saturated heterocycles. The highest BCUT2D eigenvalue weighted by Gasteiger charge is 2.22. The highest BCUT2D eigenvalue weighted by Crippen LogP contribution is 2.24. The average Bonchev–Trinajstić information content (AvgIpc) is 2.85. The van der Waals surface area contributed by atoms with E-state index in [4.69, 9.17) is 0 Å². The largest absolute Gasteiger partial charge is 0.348 e. The second kappa shape index (κ2) is 5.44. The van der Waals surface area contributed by atoms with Gasteiger partial charge in [0.25, 0.3) is 5.91 Å². The Labute approximate surface area is 125 Å². The number of hydrogen-bond acceptors (Lipinski definition) is 3. The third kappa shape index (κ3) is 2.88. The lowest BCUT2D eigenvalue weighted by atomic mass is 9.95. The van der Waals surface area contributed by atoms with Gasteiger partial charge in [0.1, 0.15) is 5.69 Å². The fourth-order valence-corrected chi connectivity index (χ4v) is 3.11. The maximum atomic E-state index is 12.1. The number of imidazole rings is 1. The monoisotopic (exact) mass is 370 g/mol. The maximum absolute atomic E-state index is 12.1. The third-order valence-corrected chi connectivity index (χ3v) is 4.71. The van der Waals surface area contributed by atoms with Crippen LogP contribution < -0.4 is 5.32 Å². The van der Waals surface area contributed by atoms with Gasteiger partial charge < -0.3 is 5.32 Å². The minimum Gasteiger partial charge on any atom is -0.348 e. The highest BCUT2D eigenvalue weighted by atomic mass is 127. The van der Waals surface area contributed by atoms with Crippen molar-refractivity contribution in [3.63, 3.8) is 0 Å². The first-order valence-corrected chi connectivity index (χ1v) is 7.71. The Morgan fingerprint density at radius 3 is 2.89 bits per heavy atom. The second-order valence-corrected chi connectivity index (χ2v) is 6.64. The van der Waals surface area contributed by atoms with Gasteiger partial charge in [-0.25, -0.2) is 9.97 Å². The van der Waals surface area contributed by atoms with Crippen molar-refractivity contribution in [2.75, 3.05) is 0 Å². The zero-order chi connectivity index (χ0) is 13.2. The summed E-state index contributed by atoms with van der Waals surface area (Å²) in [5.74, 6) is 0.464. The summed E-state index contributed by atoms with van der Waals surface area (Å²) in [6.45, 7) is 0. The molecule has 2 aromatic rings. The van der Waals surface area contributed by atoms with Crippen molar-refractivity contribution < 1.29 is 4.79 Å². The second-order valence-electron chi connectivity index (χ2n) is 4.88. The van der Waals surface area contributed by atoms with Crippen molar-refractivity contribution in [1.29, 1.82) is 0 Å². The summed E-state index contributed by atoms with van der Waals surface area (Å²) in [5.41, 5.74) is 0.440. The van der Waals surface area contributed by atoms with Gasteiger partial charge in [-0.1, -0.05) is 22.6 Å². The Bertz CT molecular complexity index is 556. The van der Waals surface area contributed by atoms with Crippen molar-refractivity contribution in [2.24, 2.45) is 0 Å².